The standard InChI is InChI=1S/C25H25N3O5S/c1-4-28-22-11-6-5-10-20(22)21-15-18(12-13-23(21)28)26-24(29)16(2)33-25(30)17-8-7-9-19(14-17)27-34(3,31)32/h5-16,27H,4H2,1-3H3,(H,26,29)/t16-/m0/s1. The molecule has 0 aliphatic carbocycles. The Morgan fingerprint density at radius 3 is 2.41 bits per heavy atom. The summed E-state index contributed by atoms with van der Waals surface area (Å²) in [4.78, 5) is 25.2. The number of anilines is 2. The van der Waals surface area contributed by atoms with Crippen LogP contribution in [0.25, 0.3) is 21.8 Å². The summed E-state index contributed by atoms with van der Waals surface area (Å²) < 4.78 is 32.6. The van der Waals surface area contributed by atoms with Crippen molar-refractivity contribution in [1.82, 2.24) is 4.57 Å². The van der Waals surface area contributed by atoms with Crippen LogP contribution in [0.15, 0.2) is 66.7 Å². The molecule has 1 heterocycles. The van der Waals surface area contributed by atoms with E-state index in [-0.39, 0.29) is 11.3 Å². The fourth-order valence-electron chi connectivity index (χ4n) is 3.92. The van der Waals surface area contributed by atoms with Gasteiger partial charge in [-0.15, -0.1) is 0 Å². The highest BCUT2D eigenvalue weighted by atomic mass is 32.2. The molecule has 0 radical (unpaired) electrons. The lowest BCUT2D eigenvalue weighted by Crippen LogP contribution is -2.30. The second kappa shape index (κ2) is 9.18. The summed E-state index contributed by atoms with van der Waals surface area (Å²) in [5.74, 6) is -1.21. The molecule has 176 valence electrons. The number of ether oxygens (including phenoxy) is 1. The van der Waals surface area contributed by atoms with Crippen LogP contribution in [0.4, 0.5) is 11.4 Å². The molecule has 0 aliphatic heterocycles. The molecule has 0 unspecified atom stereocenters. The number of rotatable bonds is 7. The van der Waals surface area contributed by atoms with Crippen LogP contribution < -0.4 is 10.0 Å². The Balaban J connectivity index is 1.49. The molecule has 4 rings (SSSR count). The number of benzene rings is 3. The first-order chi connectivity index (χ1) is 16.2. The van der Waals surface area contributed by atoms with Gasteiger partial charge in [0.2, 0.25) is 10.0 Å². The maximum absolute atomic E-state index is 12.7. The third kappa shape index (κ3) is 4.89. The summed E-state index contributed by atoms with van der Waals surface area (Å²) in [5, 5.41) is 4.93. The monoisotopic (exact) mass is 479 g/mol. The average Bonchev–Trinajstić information content (AvgIpc) is 3.11. The summed E-state index contributed by atoms with van der Waals surface area (Å²) in [6.45, 7) is 4.39. The summed E-state index contributed by atoms with van der Waals surface area (Å²) in [5.41, 5.74) is 3.15. The van der Waals surface area contributed by atoms with Crippen molar-refractivity contribution in [3.63, 3.8) is 0 Å². The van der Waals surface area contributed by atoms with Crippen LogP contribution in [0, 0.1) is 0 Å². The lowest BCUT2D eigenvalue weighted by Gasteiger charge is -2.14. The summed E-state index contributed by atoms with van der Waals surface area (Å²) >= 11 is 0. The van der Waals surface area contributed by atoms with E-state index in [0.29, 0.717) is 5.69 Å². The van der Waals surface area contributed by atoms with Crippen LogP contribution in [0.5, 0.6) is 0 Å². The Morgan fingerprint density at radius 2 is 1.68 bits per heavy atom. The van der Waals surface area contributed by atoms with E-state index >= 15 is 0 Å². The number of nitrogens with zero attached hydrogens (tertiary/aromatic N) is 1. The van der Waals surface area contributed by atoms with Crippen molar-refractivity contribution in [3.8, 4) is 0 Å². The second-order valence-electron chi connectivity index (χ2n) is 7.99. The largest absolute Gasteiger partial charge is 0.449 e. The first-order valence-electron chi connectivity index (χ1n) is 10.8. The molecule has 2 N–H and O–H groups in total. The van der Waals surface area contributed by atoms with Crippen molar-refractivity contribution in [1.29, 1.82) is 0 Å². The number of fused-ring (bicyclic) bond motifs is 3. The van der Waals surface area contributed by atoms with Crippen LogP contribution in [-0.4, -0.2) is 37.2 Å². The number of amides is 1. The Hall–Kier alpha value is -3.85. The number of carbonyl (C=O) groups is 2. The van der Waals surface area contributed by atoms with Crippen molar-refractivity contribution in [2.24, 2.45) is 0 Å². The van der Waals surface area contributed by atoms with Gasteiger partial charge in [0.05, 0.1) is 11.8 Å². The Kier molecular flexibility index (Phi) is 6.30. The predicted octanol–water partition coefficient (Wildman–Crippen LogP) is 4.37. The number of hydrogen-bond acceptors (Lipinski definition) is 5. The highest BCUT2D eigenvalue weighted by Gasteiger charge is 2.20. The van der Waals surface area contributed by atoms with E-state index < -0.39 is 28.0 Å². The summed E-state index contributed by atoms with van der Waals surface area (Å²) in [7, 11) is -3.49. The Morgan fingerprint density at radius 1 is 0.941 bits per heavy atom. The molecule has 0 aliphatic rings. The van der Waals surface area contributed by atoms with Crippen LogP contribution in [0.1, 0.15) is 24.2 Å². The van der Waals surface area contributed by atoms with Crippen LogP contribution in [0.2, 0.25) is 0 Å². The van der Waals surface area contributed by atoms with Gasteiger partial charge >= 0.3 is 5.97 Å². The van der Waals surface area contributed by atoms with Crippen molar-refractivity contribution in [3.05, 3.63) is 72.3 Å². The zero-order valence-electron chi connectivity index (χ0n) is 19.0. The molecule has 0 spiro atoms. The molecular weight excluding hydrogens is 454 g/mol. The molecule has 0 saturated carbocycles. The molecule has 9 heteroatoms. The Labute approximate surface area is 197 Å². The maximum Gasteiger partial charge on any atom is 0.338 e. The van der Waals surface area contributed by atoms with Gasteiger partial charge in [0, 0.05) is 39.7 Å². The number of aryl methyl sites for hydroxylation is 1. The third-order valence-electron chi connectivity index (χ3n) is 5.41. The molecular formula is C25H25N3O5S. The molecule has 0 saturated heterocycles. The minimum Gasteiger partial charge on any atom is -0.449 e. The molecule has 8 nitrogen and oxygen atoms in total. The van der Waals surface area contributed by atoms with Crippen LogP contribution in [0.3, 0.4) is 0 Å². The molecule has 1 amide bonds. The second-order valence-corrected chi connectivity index (χ2v) is 9.73. The van der Waals surface area contributed by atoms with E-state index in [9.17, 15) is 18.0 Å². The topological polar surface area (TPSA) is 106 Å². The normalized spacial score (nSPS) is 12.4. The minimum atomic E-state index is -3.49. The van der Waals surface area contributed by atoms with Gasteiger partial charge in [-0.2, -0.15) is 0 Å². The quantitative estimate of drug-likeness (QED) is 0.383. The van der Waals surface area contributed by atoms with Gasteiger partial charge in [0.15, 0.2) is 6.10 Å². The number of sulfonamides is 1. The highest BCUT2D eigenvalue weighted by Crippen LogP contribution is 2.31. The van der Waals surface area contributed by atoms with Gasteiger partial charge in [0.1, 0.15) is 0 Å². The molecule has 3 aromatic carbocycles. The Bertz CT molecular complexity index is 1510. The molecule has 4 aromatic rings. The van der Waals surface area contributed by atoms with Gasteiger partial charge in [0.25, 0.3) is 5.91 Å². The van der Waals surface area contributed by atoms with Crippen LogP contribution in [-0.2, 0) is 26.1 Å². The number of nitrogens with one attached hydrogen (secondary N) is 2. The fourth-order valence-corrected chi connectivity index (χ4v) is 4.48. The van der Waals surface area contributed by atoms with Gasteiger partial charge in [-0.25, -0.2) is 13.2 Å². The summed E-state index contributed by atoms with van der Waals surface area (Å²) in [6, 6.07) is 19.7. The lowest BCUT2D eigenvalue weighted by molar-refractivity contribution is -0.123. The minimum absolute atomic E-state index is 0.127. The number of hydrogen-bond donors (Lipinski definition) is 2. The van der Waals surface area contributed by atoms with Gasteiger partial charge in [-0.05, 0) is 56.3 Å². The van der Waals surface area contributed by atoms with Gasteiger partial charge in [-0.1, -0.05) is 24.3 Å². The predicted molar refractivity (Wildman–Crippen MR) is 134 cm³/mol. The number of esters is 1. The SMILES string of the molecule is CCn1c2ccccc2c2cc(NC(=O)[C@H](C)OC(=O)c3cccc(NS(C)(=O)=O)c3)ccc21. The van der Waals surface area contributed by atoms with Gasteiger partial charge in [-0.3, -0.25) is 9.52 Å². The van der Waals surface area contributed by atoms with E-state index in [1.54, 1.807) is 0 Å². The van der Waals surface area contributed by atoms with E-state index in [4.69, 9.17) is 4.74 Å². The van der Waals surface area contributed by atoms with Crippen molar-refractivity contribution >= 4 is 55.1 Å². The molecule has 1 aromatic heterocycles. The van der Waals surface area contributed by atoms with E-state index in [1.807, 2.05) is 36.4 Å². The van der Waals surface area contributed by atoms with Crippen LogP contribution >= 0.6 is 0 Å². The maximum atomic E-state index is 12.7. The summed E-state index contributed by atoms with van der Waals surface area (Å²) in [6.07, 6.45) is -0.0476. The molecule has 0 fully saturated rings. The first kappa shape index (κ1) is 23.3. The lowest BCUT2D eigenvalue weighted by atomic mass is 10.1. The molecule has 0 bridgehead atoms. The first-order valence-corrected chi connectivity index (χ1v) is 12.7. The van der Waals surface area contributed by atoms with Crippen molar-refractivity contribution in [2.75, 3.05) is 16.3 Å². The van der Waals surface area contributed by atoms with E-state index in [1.165, 1.54) is 31.2 Å². The number of para-hydroxylation sites is 1. The number of aromatic nitrogens is 1. The smallest absolute Gasteiger partial charge is 0.338 e. The third-order valence-corrected chi connectivity index (χ3v) is 6.02. The zero-order valence-corrected chi connectivity index (χ0v) is 19.8. The molecule has 34 heavy (non-hydrogen) atoms. The highest BCUT2D eigenvalue weighted by molar-refractivity contribution is 7.92. The van der Waals surface area contributed by atoms with E-state index in [2.05, 4.69) is 27.6 Å². The fraction of sp³-hybridized carbons (Fsp3) is 0.200. The van der Waals surface area contributed by atoms with E-state index in [0.717, 1.165) is 34.6 Å². The number of carbonyl (C=O) groups excluding carboxylic acids is 2. The average molecular weight is 480 g/mol. The van der Waals surface area contributed by atoms with Gasteiger partial charge < -0.3 is 14.6 Å². The zero-order chi connectivity index (χ0) is 24.5. The van der Waals surface area contributed by atoms with Crippen molar-refractivity contribution in [2.45, 2.75) is 26.5 Å². The van der Waals surface area contributed by atoms with Crippen molar-refractivity contribution < 1.29 is 22.7 Å². The molecule has 1 atom stereocenters.